The van der Waals surface area contributed by atoms with Crippen LogP contribution >= 0.6 is 0 Å². The number of aromatic nitrogens is 4. The maximum atomic E-state index is 5.90. The highest BCUT2D eigenvalue weighted by atomic mass is 16.5. The summed E-state index contributed by atoms with van der Waals surface area (Å²) in [6, 6.07) is 5.99. The fourth-order valence-corrected chi connectivity index (χ4v) is 1.87. The van der Waals surface area contributed by atoms with Crippen LogP contribution in [-0.4, -0.2) is 20.2 Å². The maximum Gasteiger partial charge on any atom is 0.242 e. The van der Waals surface area contributed by atoms with Crippen molar-refractivity contribution in [2.75, 3.05) is 5.43 Å². The van der Waals surface area contributed by atoms with Gasteiger partial charge in [0.15, 0.2) is 5.65 Å². The third kappa shape index (κ3) is 2.14. The van der Waals surface area contributed by atoms with Crippen LogP contribution in [0.5, 0.6) is 11.6 Å². The van der Waals surface area contributed by atoms with Crippen molar-refractivity contribution >= 4 is 17.0 Å². The molecule has 0 saturated heterocycles. The van der Waals surface area contributed by atoms with Crippen LogP contribution in [0.1, 0.15) is 11.1 Å². The lowest BCUT2D eigenvalue weighted by atomic mass is 10.1. The van der Waals surface area contributed by atoms with Crippen LogP contribution in [0.3, 0.4) is 0 Å². The maximum absolute atomic E-state index is 5.90. The Balaban J connectivity index is 2.09. The first-order valence-electron chi connectivity index (χ1n) is 6.10. The van der Waals surface area contributed by atoms with Crippen LogP contribution in [0.25, 0.3) is 11.0 Å². The minimum Gasteiger partial charge on any atom is -0.438 e. The first-order chi connectivity index (χ1) is 9.67. The number of aromatic amines is 1. The first-order valence-corrected chi connectivity index (χ1v) is 6.10. The zero-order valence-electron chi connectivity index (χ0n) is 11.1. The van der Waals surface area contributed by atoms with Crippen LogP contribution in [0.15, 0.2) is 24.4 Å². The summed E-state index contributed by atoms with van der Waals surface area (Å²) in [6.45, 7) is 3.98. The summed E-state index contributed by atoms with van der Waals surface area (Å²) in [4.78, 5) is 8.38. The molecule has 20 heavy (non-hydrogen) atoms. The number of ether oxygens (including phenoxy) is 1. The Morgan fingerprint density at radius 2 is 2.10 bits per heavy atom. The summed E-state index contributed by atoms with van der Waals surface area (Å²) in [5.74, 6) is 6.78. The van der Waals surface area contributed by atoms with E-state index in [1.54, 1.807) is 6.20 Å². The van der Waals surface area contributed by atoms with Gasteiger partial charge < -0.3 is 4.74 Å². The number of H-pyrrole nitrogens is 1. The molecule has 0 aliphatic heterocycles. The molecule has 0 aliphatic carbocycles. The highest BCUT2D eigenvalue weighted by Gasteiger charge is 2.12. The van der Waals surface area contributed by atoms with E-state index in [1.165, 1.54) is 0 Å². The lowest BCUT2D eigenvalue weighted by Gasteiger charge is -2.10. The zero-order valence-corrected chi connectivity index (χ0v) is 11.1. The Kier molecular flexibility index (Phi) is 2.96. The Morgan fingerprint density at radius 1 is 1.25 bits per heavy atom. The van der Waals surface area contributed by atoms with E-state index in [4.69, 9.17) is 10.6 Å². The lowest BCUT2D eigenvalue weighted by molar-refractivity contribution is 0.465. The third-order valence-electron chi connectivity index (χ3n) is 2.95. The predicted molar refractivity (Wildman–Crippen MR) is 75.5 cm³/mol. The van der Waals surface area contributed by atoms with Crippen molar-refractivity contribution in [3.8, 4) is 11.6 Å². The van der Waals surface area contributed by atoms with E-state index in [0.29, 0.717) is 16.9 Å². The van der Waals surface area contributed by atoms with Crippen molar-refractivity contribution in [2.24, 2.45) is 5.84 Å². The van der Waals surface area contributed by atoms with E-state index >= 15 is 0 Å². The summed E-state index contributed by atoms with van der Waals surface area (Å²) in [7, 11) is 0. The number of nitrogens with zero attached hydrogens (tertiary/aromatic N) is 3. The zero-order chi connectivity index (χ0) is 14.1. The largest absolute Gasteiger partial charge is 0.438 e. The lowest BCUT2D eigenvalue weighted by Crippen LogP contribution is -2.11. The summed E-state index contributed by atoms with van der Waals surface area (Å²) in [5, 5.41) is 7.41. The number of nitrogens with one attached hydrogen (secondary N) is 2. The Hall–Kier alpha value is -2.67. The molecule has 0 spiro atoms. The molecule has 2 heterocycles. The molecule has 0 aliphatic rings. The second-order valence-electron chi connectivity index (χ2n) is 4.50. The van der Waals surface area contributed by atoms with Crippen LogP contribution in [-0.2, 0) is 0 Å². The van der Waals surface area contributed by atoms with Gasteiger partial charge in [0.25, 0.3) is 0 Å². The average molecular weight is 270 g/mol. The molecule has 0 saturated carbocycles. The predicted octanol–water partition coefficient (Wildman–Crippen LogP) is 2.05. The van der Waals surface area contributed by atoms with Gasteiger partial charge in [-0.05, 0) is 31.0 Å². The molecule has 0 atom stereocenters. The fraction of sp³-hybridized carbons (Fsp3) is 0.154. The SMILES string of the molecule is Cc1ccc(C)c(Oc2nc(NN)nc3[nH]ncc23)c1. The van der Waals surface area contributed by atoms with Gasteiger partial charge in [0.2, 0.25) is 11.8 Å². The number of nitrogens with two attached hydrogens (primary N) is 1. The van der Waals surface area contributed by atoms with E-state index in [-0.39, 0.29) is 5.95 Å². The van der Waals surface area contributed by atoms with Crippen molar-refractivity contribution < 1.29 is 4.74 Å². The molecule has 0 unspecified atom stereocenters. The summed E-state index contributed by atoms with van der Waals surface area (Å²) < 4.78 is 5.90. The molecular formula is C13H14N6O. The van der Waals surface area contributed by atoms with Gasteiger partial charge >= 0.3 is 0 Å². The molecule has 102 valence electrons. The number of hydrazine groups is 1. The Labute approximate surface area is 115 Å². The number of rotatable bonds is 3. The van der Waals surface area contributed by atoms with Crippen molar-refractivity contribution in [2.45, 2.75) is 13.8 Å². The van der Waals surface area contributed by atoms with E-state index in [2.05, 4.69) is 25.6 Å². The van der Waals surface area contributed by atoms with Gasteiger partial charge in [0.05, 0.1) is 6.20 Å². The van der Waals surface area contributed by atoms with Gasteiger partial charge in [0.1, 0.15) is 11.1 Å². The van der Waals surface area contributed by atoms with Gasteiger partial charge in [-0.1, -0.05) is 12.1 Å². The van der Waals surface area contributed by atoms with E-state index < -0.39 is 0 Å². The van der Waals surface area contributed by atoms with Crippen molar-refractivity contribution in [1.29, 1.82) is 0 Å². The molecule has 7 nitrogen and oxygen atoms in total. The van der Waals surface area contributed by atoms with Crippen LogP contribution < -0.4 is 16.0 Å². The van der Waals surface area contributed by atoms with E-state index in [1.807, 2.05) is 32.0 Å². The van der Waals surface area contributed by atoms with Crippen molar-refractivity contribution in [1.82, 2.24) is 20.2 Å². The molecule has 0 radical (unpaired) electrons. The van der Waals surface area contributed by atoms with Crippen molar-refractivity contribution in [3.05, 3.63) is 35.5 Å². The normalized spacial score (nSPS) is 10.8. The average Bonchev–Trinajstić information content (AvgIpc) is 2.91. The molecule has 0 fully saturated rings. The van der Waals surface area contributed by atoms with Crippen LogP contribution in [0, 0.1) is 13.8 Å². The summed E-state index contributed by atoms with van der Waals surface area (Å²) in [5.41, 5.74) is 5.11. The highest BCUT2D eigenvalue weighted by molar-refractivity contribution is 5.80. The summed E-state index contributed by atoms with van der Waals surface area (Å²) >= 11 is 0. The minimum absolute atomic E-state index is 0.266. The standard InChI is InChI=1S/C13H14N6O/c1-7-3-4-8(2)10(5-7)20-12-9-6-15-19-11(9)16-13(17-12)18-14/h3-6H,14H2,1-2H3,(H2,15,16,17,18,19). The Morgan fingerprint density at radius 3 is 2.90 bits per heavy atom. The molecule has 3 aromatic rings. The molecule has 4 N–H and O–H groups in total. The molecular weight excluding hydrogens is 256 g/mol. The highest BCUT2D eigenvalue weighted by Crippen LogP contribution is 2.29. The Bertz CT molecular complexity index is 767. The molecule has 3 rings (SSSR count). The summed E-state index contributed by atoms with van der Waals surface area (Å²) in [6.07, 6.45) is 1.62. The molecule has 0 bridgehead atoms. The smallest absolute Gasteiger partial charge is 0.242 e. The number of hydrogen-bond acceptors (Lipinski definition) is 6. The second kappa shape index (κ2) is 4.78. The number of nitrogen functional groups attached to an aromatic ring is 1. The van der Waals surface area contributed by atoms with Gasteiger partial charge in [-0.15, -0.1) is 0 Å². The minimum atomic E-state index is 0.266. The van der Waals surface area contributed by atoms with Gasteiger partial charge in [-0.25, -0.2) is 5.84 Å². The number of anilines is 1. The molecule has 0 amide bonds. The van der Waals surface area contributed by atoms with E-state index in [9.17, 15) is 0 Å². The topological polar surface area (TPSA) is 102 Å². The van der Waals surface area contributed by atoms with Crippen LogP contribution in [0.4, 0.5) is 5.95 Å². The van der Waals surface area contributed by atoms with Crippen LogP contribution in [0.2, 0.25) is 0 Å². The molecule has 1 aromatic carbocycles. The number of fused-ring (bicyclic) bond motifs is 1. The van der Waals surface area contributed by atoms with Gasteiger partial charge in [-0.3, -0.25) is 10.5 Å². The van der Waals surface area contributed by atoms with Gasteiger partial charge in [-0.2, -0.15) is 15.1 Å². The third-order valence-corrected chi connectivity index (χ3v) is 2.95. The number of benzene rings is 1. The first kappa shape index (κ1) is 12.4. The second-order valence-corrected chi connectivity index (χ2v) is 4.50. The quantitative estimate of drug-likeness (QED) is 0.497. The molecule has 2 aromatic heterocycles. The number of aryl methyl sites for hydroxylation is 2. The molecule has 7 heteroatoms. The fourth-order valence-electron chi connectivity index (χ4n) is 1.87. The monoisotopic (exact) mass is 270 g/mol. The number of hydrogen-bond donors (Lipinski definition) is 3. The van der Waals surface area contributed by atoms with Gasteiger partial charge in [0, 0.05) is 0 Å². The van der Waals surface area contributed by atoms with E-state index in [0.717, 1.165) is 16.9 Å². The van der Waals surface area contributed by atoms with Crippen molar-refractivity contribution in [3.63, 3.8) is 0 Å².